The number of anilines is 2. The van der Waals surface area contributed by atoms with Gasteiger partial charge >= 0.3 is 0 Å². The maximum atomic E-state index is 12.9. The van der Waals surface area contributed by atoms with Crippen LogP contribution in [0.5, 0.6) is 0 Å². The second-order valence-corrected chi connectivity index (χ2v) is 4.64. The predicted octanol–water partition coefficient (Wildman–Crippen LogP) is 1.83. The average Bonchev–Trinajstić information content (AvgIpc) is 2.85. The number of amides is 1. The number of nitrogen functional groups attached to an aromatic ring is 1. The fourth-order valence-electron chi connectivity index (χ4n) is 2.18. The lowest BCUT2D eigenvalue weighted by atomic mass is 10.2. The Balaban J connectivity index is 2.01. The van der Waals surface area contributed by atoms with Gasteiger partial charge in [0.2, 0.25) is 5.91 Å². The molecule has 0 saturated carbocycles. The van der Waals surface area contributed by atoms with Crippen LogP contribution in [0.4, 0.5) is 15.8 Å². The van der Waals surface area contributed by atoms with E-state index in [2.05, 4.69) is 10.2 Å². The second kappa shape index (κ2) is 5.35. The highest BCUT2D eigenvalue weighted by Gasteiger charge is 2.24. The minimum Gasteiger partial charge on any atom is -0.397 e. The Kier molecular flexibility index (Phi) is 3.81. The summed E-state index contributed by atoms with van der Waals surface area (Å²) >= 11 is 0. The zero-order valence-electron chi connectivity index (χ0n) is 10.4. The summed E-state index contributed by atoms with van der Waals surface area (Å²) in [5.41, 5.74) is 6.37. The monoisotopic (exact) mass is 251 g/mol. The number of likely N-dealkylation sites (tertiary alicyclic amines) is 1. The molecule has 1 heterocycles. The average molecular weight is 251 g/mol. The number of carbonyl (C=O) groups is 1. The van der Waals surface area contributed by atoms with Gasteiger partial charge in [0.05, 0.1) is 17.4 Å². The van der Waals surface area contributed by atoms with E-state index in [1.54, 1.807) is 0 Å². The quantitative estimate of drug-likeness (QED) is 0.806. The normalized spacial score (nSPS) is 17.7. The first-order valence-electron chi connectivity index (χ1n) is 6.18. The number of nitrogens with two attached hydrogens (primary N) is 1. The molecule has 1 aromatic rings. The van der Waals surface area contributed by atoms with Crippen LogP contribution in [-0.2, 0) is 4.79 Å². The van der Waals surface area contributed by atoms with Gasteiger partial charge < -0.3 is 11.1 Å². The minimum absolute atomic E-state index is 0.102. The minimum atomic E-state index is -0.405. The molecule has 5 heteroatoms. The van der Waals surface area contributed by atoms with Crippen LogP contribution in [0.15, 0.2) is 18.2 Å². The number of hydrogen-bond acceptors (Lipinski definition) is 3. The third-order valence-corrected chi connectivity index (χ3v) is 3.34. The third kappa shape index (κ3) is 2.79. The molecule has 4 nitrogen and oxygen atoms in total. The SMILES string of the molecule is CC(C(=O)Nc1ccc(F)cc1N)N1CCCC1. The highest BCUT2D eigenvalue weighted by atomic mass is 19.1. The summed E-state index contributed by atoms with van der Waals surface area (Å²) in [4.78, 5) is 14.2. The van der Waals surface area contributed by atoms with Gasteiger partial charge in [-0.25, -0.2) is 4.39 Å². The molecule has 0 aliphatic carbocycles. The molecule has 1 fully saturated rings. The maximum absolute atomic E-state index is 12.9. The predicted molar refractivity (Wildman–Crippen MR) is 69.7 cm³/mol. The van der Waals surface area contributed by atoms with E-state index in [0.29, 0.717) is 5.69 Å². The zero-order valence-corrected chi connectivity index (χ0v) is 10.4. The summed E-state index contributed by atoms with van der Waals surface area (Å²) in [5, 5.41) is 2.74. The first-order chi connectivity index (χ1) is 8.58. The van der Waals surface area contributed by atoms with Crippen molar-refractivity contribution in [3.05, 3.63) is 24.0 Å². The summed E-state index contributed by atoms with van der Waals surface area (Å²) in [6.07, 6.45) is 2.27. The molecule has 3 N–H and O–H groups in total. The Hall–Kier alpha value is -1.62. The van der Waals surface area contributed by atoms with Gasteiger partial charge in [-0.3, -0.25) is 9.69 Å². The van der Waals surface area contributed by atoms with Crippen molar-refractivity contribution in [3.8, 4) is 0 Å². The van der Waals surface area contributed by atoms with Crippen molar-refractivity contribution in [1.29, 1.82) is 0 Å². The molecule has 1 unspecified atom stereocenters. The molecular weight excluding hydrogens is 233 g/mol. The molecule has 0 radical (unpaired) electrons. The number of carbonyl (C=O) groups excluding carboxylic acids is 1. The first kappa shape index (κ1) is 12.8. The number of nitrogens with one attached hydrogen (secondary N) is 1. The Labute approximate surface area is 106 Å². The van der Waals surface area contributed by atoms with Crippen molar-refractivity contribution in [1.82, 2.24) is 4.90 Å². The van der Waals surface area contributed by atoms with Gasteiger partial charge in [-0.1, -0.05) is 0 Å². The molecule has 1 atom stereocenters. The third-order valence-electron chi connectivity index (χ3n) is 3.34. The lowest BCUT2D eigenvalue weighted by molar-refractivity contribution is -0.120. The number of rotatable bonds is 3. The lowest BCUT2D eigenvalue weighted by Crippen LogP contribution is -2.40. The first-order valence-corrected chi connectivity index (χ1v) is 6.18. The smallest absolute Gasteiger partial charge is 0.241 e. The van der Waals surface area contributed by atoms with E-state index < -0.39 is 5.82 Å². The van der Waals surface area contributed by atoms with E-state index >= 15 is 0 Å². The molecular formula is C13H18FN3O. The molecule has 1 aromatic carbocycles. The van der Waals surface area contributed by atoms with Gasteiger partial charge in [0.25, 0.3) is 0 Å². The van der Waals surface area contributed by atoms with E-state index in [1.165, 1.54) is 18.2 Å². The van der Waals surface area contributed by atoms with Crippen molar-refractivity contribution in [3.63, 3.8) is 0 Å². The molecule has 1 aliphatic rings. The van der Waals surface area contributed by atoms with Crippen LogP contribution in [0, 0.1) is 5.82 Å². The van der Waals surface area contributed by atoms with Crippen LogP contribution >= 0.6 is 0 Å². The van der Waals surface area contributed by atoms with E-state index in [0.717, 1.165) is 25.9 Å². The largest absolute Gasteiger partial charge is 0.397 e. The summed E-state index contributed by atoms with van der Waals surface area (Å²) in [7, 11) is 0. The summed E-state index contributed by atoms with van der Waals surface area (Å²) in [5.74, 6) is -0.506. The van der Waals surface area contributed by atoms with Crippen LogP contribution in [0.1, 0.15) is 19.8 Å². The van der Waals surface area contributed by atoms with Gasteiger partial charge in [0.15, 0.2) is 0 Å². The van der Waals surface area contributed by atoms with E-state index in [1.807, 2.05) is 6.92 Å². The van der Waals surface area contributed by atoms with Gasteiger partial charge in [0.1, 0.15) is 5.82 Å². The van der Waals surface area contributed by atoms with Crippen molar-refractivity contribution in [2.75, 3.05) is 24.1 Å². The van der Waals surface area contributed by atoms with Crippen molar-refractivity contribution < 1.29 is 9.18 Å². The number of hydrogen-bond donors (Lipinski definition) is 2. The highest BCUT2D eigenvalue weighted by molar-refractivity contribution is 5.97. The Morgan fingerprint density at radius 2 is 2.11 bits per heavy atom. The summed E-state index contributed by atoms with van der Waals surface area (Å²) in [6.45, 7) is 3.78. The van der Waals surface area contributed by atoms with Gasteiger partial charge in [0, 0.05) is 0 Å². The van der Waals surface area contributed by atoms with Crippen molar-refractivity contribution in [2.45, 2.75) is 25.8 Å². The fraction of sp³-hybridized carbons (Fsp3) is 0.462. The van der Waals surface area contributed by atoms with Crippen LogP contribution in [0.3, 0.4) is 0 Å². The topological polar surface area (TPSA) is 58.4 Å². The van der Waals surface area contributed by atoms with E-state index in [4.69, 9.17) is 5.73 Å². The van der Waals surface area contributed by atoms with E-state index in [-0.39, 0.29) is 17.6 Å². The summed E-state index contributed by atoms with van der Waals surface area (Å²) < 4.78 is 12.9. The Morgan fingerprint density at radius 1 is 1.44 bits per heavy atom. The summed E-state index contributed by atoms with van der Waals surface area (Å²) in [6, 6.07) is 3.79. The fourth-order valence-corrected chi connectivity index (χ4v) is 2.18. The van der Waals surface area contributed by atoms with Gasteiger partial charge in [-0.2, -0.15) is 0 Å². The van der Waals surface area contributed by atoms with Crippen LogP contribution in [0.2, 0.25) is 0 Å². The standard InChI is InChI=1S/C13H18FN3O/c1-9(17-6-2-3-7-17)13(18)16-12-5-4-10(14)8-11(12)15/h4-5,8-9H,2-3,6-7,15H2,1H3,(H,16,18). The molecule has 98 valence electrons. The van der Waals surface area contributed by atoms with Crippen LogP contribution in [0.25, 0.3) is 0 Å². The number of halogens is 1. The molecule has 2 rings (SSSR count). The molecule has 0 bridgehead atoms. The second-order valence-electron chi connectivity index (χ2n) is 4.64. The lowest BCUT2D eigenvalue weighted by Gasteiger charge is -2.23. The van der Waals surface area contributed by atoms with E-state index in [9.17, 15) is 9.18 Å². The van der Waals surface area contributed by atoms with Crippen LogP contribution in [-0.4, -0.2) is 29.9 Å². The highest BCUT2D eigenvalue weighted by Crippen LogP contribution is 2.20. The van der Waals surface area contributed by atoms with Crippen molar-refractivity contribution >= 4 is 17.3 Å². The molecule has 0 spiro atoms. The maximum Gasteiger partial charge on any atom is 0.241 e. The Morgan fingerprint density at radius 3 is 2.72 bits per heavy atom. The molecule has 18 heavy (non-hydrogen) atoms. The molecule has 1 amide bonds. The van der Waals surface area contributed by atoms with Gasteiger partial charge in [-0.15, -0.1) is 0 Å². The van der Waals surface area contributed by atoms with Crippen LogP contribution < -0.4 is 11.1 Å². The zero-order chi connectivity index (χ0) is 13.1. The molecule has 1 saturated heterocycles. The number of nitrogens with zero attached hydrogens (tertiary/aromatic N) is 1. The number of benzene rings is 1. The Bertz CT molecular complexity index is 444. The van der Waals surface area contributed by atoms with Crippen molar-refractivity contribution in [2.24, 2.45) is 0 Å². The molecule has 0 aromatic heterocycles. The molecule has 1 aliphatic heterocycles. The van der Waals surface area contributed by atoms with Gasteiger partial charge in [-0.05, 0) is 51.1 Å².